The van der Waals surface area contributed by atoms with Crippen LogP contribution in [0.1, 0.15) is 16.1 Å². The Morgan fingerprint density at radius 3 is 3.08 bits per heavy atom. The van der Waals surface area contributed by atoms with Gasteiger partial charge in [-0.2, -0.15) is 0 Å². The van der Waals surface area contributed by atoms with Crippen LogP contribution in [0.3, 0.4) is 0 Å². The second kappa shape index (κ2) is 4.47. The Labute approximate surface area is 75.4 Å². The summed E-state index contributed by atoms with van der Waals surface area (Å²) >= 11 is 0. The van der Waals surface area contributed by atoms with Crippen molar-refractivity contribution < 1.29 is 19.1 Å². The zero-order chi connectivity index (χ0) is 9.68. The van der Waals surface area contributed by atoms with E-state index in [1.807, 2.05) is 0 Å². The van der Waals surface area contributed by atoms with E-state index in [0.29, 0.717) is 12.4 Å². The average Bonchev–Trinajstić information content (AvgIpc) is 2.53. The minimum absolute atomic E-state index is 0.136. The smallest absolute Gasteiger partial charge is 0.338 e. The molecule has 1 aromatic rings. The molecular weight excluding hydrogens is 172 g/mol. The molecule has 1 aromatic heterocycles. The SMILES string of the molecule is C=CCOCc1cc(C(=O)O)co1. The van der Waals surface area contributed by atoms with Crippen LogP contribution >= 0.6 is 0 Å². The first-order valence-electron chi connectivity index (χ1n) is 3.73. The number of ether oxygens (including phenoxy) is 1. The number of carboxylic acid groups (broad SMARTS) is 1. The highest BCUT2D eigenvalue weighted by Crippen LogP contribution is 2.08. The molecule has 1 N–H and O–H groups in total. The Balaban J connectivity index is 2.49. The van der Waals surface area contributed by atoms with Gasteiger partial charge in [0.1, 0.15) is 18.6 Å². The number of carboxylic acids is 1. The fraction of sp³-hybridized carbons (Fsp3) is 0.222. The van der Waals surface area contributed by atoms with E-state index in [1.165, 1.54) is 12.3 Å². The zero-order valence-corrected chi connectivity index (χ0v) is 7.03. The predicted octanol–water partition coefficient (Wildman–Crippen LogP) is 1.68. The highest BCUT2D eigenvalue weighted by molar-refractivity contribution is 5.87. The standard InChI is InChI=1S/C9H10O4/c1-2-3-12-6-8-4-7(5-13-8)9(10)11/h2,4-5H,1,3,6H2,(H,10,11). The number of rotatable bonds is 5. The molecule has 4 nitrogen and oxygen atoms in total. The molecule has 0 unspecified atom stereocenters. The number of hydrogen-bond acceptors (Lipinski definition) is 3. The van der Waals surface area contributed by atoms with Crippen LogP contribution in [-0.2, 0) is 11.3 Å². The lowest BCUT2D eigenvalue weighted by Crippen LogP contribution is -1.93. The molecule has 0 saturated heterocycles. The van der Waals surface area contributed by atoms with Crippen molar-refractivity contribution in [1.82, 2.24) is 0 Å². The van der Waals surface area contributed by atoms with Gasteiger partial charge in [-0.15, -0.1) is 6.58 Å². The van der Waals surface area contributed by atoms with Gasteiger partial charge < -0.3 is 14.3 Å². The lowest BCUT2D eigenvalue weighted by atomic mass is 10.3. The van der Waals surface area contributed by atoms with Crippen molar-refractivity contribution >= 4 is 5.97 Å². The molecule has 13 heavy (non-hydrogen) atoms. The molecule has 1 rings (SSSR count). The van der Waals surface area contributed by atoms with E-state index >= 15 is 0 Å². The minimum Gasteiger partial charge on any atom is -0.478 e. The molecule has 0 saturated carbocycles. The van der Waals surface area contributed by atoms with Crippen LogP contribution in [0.2, 0.25) is 0 Å². The molecule has 1 heterocycles. The second-order valence-corrected chi connectivity index (χ2v) is 2.41. The van der Waals surface area contributed by atoms with E-state index in [4.69, 9.17) is 14.3 Å². The van der Waals surface area contributed by atoms with Crippen molar-refractivity contribution in [3.8, 4) is 0 Å². The van der Waals surface area contributed by atoms with Crippen LogP contribution in [0.25, 0.3) is 0 Å². The number of hydrogen-bond donors (Lipinski definition) is 1. The molecule has 0 amide bonds. The number of furan rings is 1. The van der Waals surface area contributed by atoms with E-state index < -0.39 is 5.97 Å². The number of carbonyl (C=O) groups is 1. The van der Waals surface area contributed by atoms with E-state index in [2.05, 4.69) is 6.58 Å². The summed E-state index contributed by atoms with van der Waals surface area (Å²) in [5, 5.41) is 8.55. The van der Waals surface area contributed by atoms with Crippen molar-refractivity contribution in [2.24, 2.45) is 0 Å². The predicted molar refractivity (Wildman–Crippen MR) is 45.5 cm³/mol. The van der Waals surface area contributed by atoms with Crippen LogP contribution < -0.4 is 0 Å². The van der Waals surface area contributed by atoms with Crippen molar-refractivity contribution in [3.05, 3.63) is 36.3 Å². The summed E-state index contributed by atoms with van der Waals surface area (Å²) in [6, 6.07) is 1.44. The molecule has 0 spiro atoms. The first kappa shape index (κ1) is 9.54. The van der Waals surface area contributed by atoms with Crippen LogP contribution in [0.15, 0.2) is 29.4 Å². The largest absolute Gasteiger partial charge is 0.478 e. The Kier molecular flexibility index (Phi) is 3.28. The van der Waals surface area contributed by atoms with Gasteiger partial charge in [-0.1, -0.05) is 6.08 Å². The monoisotopic (exact) mass is 182 g/mol. The molecular formula is C9H10O4. The first-order chi connectivity index (χ1) is 6.24. The molecule has 0 bridgehead atoms. The van der Waals surface area contributed by atoms with Crippen molar-refractivity contribution in [2.45, 2.75) is 6.61 Å². The van der Waals surface area contributed by atoms with Crippen molar-refractivity contribution in [3.63, 3.8) is 0 Å². The van der Waals surface area contributed by atoms with Gasteiger partial charge in [0, 0.05) is 0 Å². The third kappa shape index (κ3) is 2.76. The van der Waals surface area contributed by atoms with Gasteiger partial charge in [0.05, 0.1) is 12.2 Å². The third-order valence-electron chi connectivity index (χ3n) is 1.38. The topological polar surface area (TPSA) is 59.7 Å². The molecule has 70 valence electrons. The van der Waals surface area contributed by atoms with Gasteiger partial charge in [-0.05, 0) is 6.07 Å². The highest BCUT2D eigenvalue weighted by atomic mass is 16.5. The summed E-state index contributed by atoms with van der Waals surface area (Å²) in [4.78, 5) is 10.4. The normalized spacial score (nSPS) is 9.85. The molecule has 0 aliphatic heterocycles. The molecule has 0 atom stereocenters. The third-order valence-corrected chi connectivity index (χ3v) is 1.38. The lowest BCUT2D eigenvalue weighted by Gasteiger charge is -1.95. The van der Waals surface area contributed by atoms with Crippen LogP contribution in [0.5, 0.6) is 0 Å². The summed E-state index contributed by atoms with van der Waals surface area (Å²) < 4.78 is 9.99. The van der Waals surface area contributed by atoms with Gasteiger partial charge in [-0.25, -0.2) is 4.79 Å². The molecule has 0 fully saturated rings. The molecule has 4 heteroatoms. The zero-order valence-electron chi connectivity index (χ0n) is 7.03. The van der Waals surface area contributed by atoms with Crippen LogP contribution in [-0.4, -0.2) is 17.7 Å². The summed E-state index contributed by atoms with van der Waals surface area (Å²) in [5.41, 5.74) is 0.136. The minimum atomic E-state index is -1.00. The van der Waals surface area contributed by atoms with Crippen LogP contribution in [0, 0.1) is 0 Å². The quantitative estimate of drug-likeness (QED) is 0.556. The van der Waals surface area contributed by atoms with E-state index in [0.717, 1.165) is 0 Å². The maximum absolute atomic E-state index is 10.4. The van der Waals surface area contributed by atoms with E-state index in [-0.39, 0.29) is 12.2 Å². The number of aromatic carboxylic acids is 1. The summed E-state index contributed by atoms with van der Waals surface area (Å²) in [7, 11) is 0. The summed E-state index contributed by atoms with van der Waals surface area (Å²) in [6.07, 6.45) is 2.80. The second-order valence-electron chi connectivity index (χ2n) is 2.41. The van der Waals surface area contributed by atoms with Gasteiger partial charge in [0.2, 0.25) is 0 Å². The maximum atomic E-state index is 10.4. The highest BCUT2D eigenvalue weighted by Gasteiger charge is 2.07. The van der Waals surface area contributed by atoms with Gasteiger partial charge in [0.25, 0.3) is 0 Å². The molecule has 0 aromatic carbocycles. The molecule has 0 aliphatic rings. The van der Waals surface area contributed by atoms with Crippen molar-refractivity contribution in [2.75, 3.05) is 6.61 Å². The maximum Gasteiger partial charge on any atom is 0.338 e. The van der Waals surface area contributed by atoms with Gasteiger partial charge >= 0.3 is 5.97 Å². The van der Waals surface area contributed by atoms with Crippen molar-refractivity contribution in [1.29, 1.82) is 0 Å². The Hall–Kier alpha value is -1.55. The molecule has 0 aliphatic carbocycles. The lowest BCUT2D eigenvalue weighted by molar-refractivity contribution is 0.0696. The van der Waals surface area contributed by atoms with E-state index in [1.54, 1.807) is 6.08 Å². The Morgan fingerprint density at radius 1 is 1.77 bits per heavy atom. The fourth-order valence-corrected chi connectivity index (χ4v) is 0.811. The fourth-order valence-electron chi connectivity index (χ4n) is 0.811. The summed E-state index contributed by atoms with van der Waals surface area (Å²) in [6.45, 7) is 4.16. The first-order valence-corrected chi connectivity index (χ1v) is 3.73. The summed E-state index contributed by atoms with van der Waals surface area (Å²) in [5.74, 6) is -0.502. The average molecular weight is 182 g/mol. The van der Waals surface area contributed by atoms with Gasteiger partial charge in [0.15, 0.2) is 0 Å². The van der Waals surface area contributed by atoms with Gasteiger partial charge in [-0.3, -0.25) is 0 Å². The molecule has 0 radical (unpaired) electrons. The van der Waals surface area contributed by atoms with Crippen LogP contribution in [0.4, 0.5) is 0 Å². The van der Waals surface area contributed by atoms with E-state index in [9.17, 15) is 4.79 Å². The Bertz CT molecular complexity index is 300. The Morgan fingerprint density at radius 2 is 2.54 bits per heavy atom.